The number of aliphatic hydroxyl groups excluding tert-OH is 2. The fourth-order valence-electron chi connectivity index (χ4n) is 4.16. The van der Waals surface area contributed by atoms with Gasteiger partial charge in [-0.2, -0.15) is 0 Å². The molecular formula is C27H26F2N2O4. The second-order valence-corrected chi connectivity index (χ2v) is 8.78. The van der Waals surface area contributed by atoms with E-state index in [4.69, 9.17) is 4.74 Å². The van der Waals surface area contributed by atoms with E-state index in [0.717, 1.165) is 17.7 Å². The number of hydrogen-bond donors (Lipinski definition) is 2. The van der Waals surface area contributed by atoms with Gasteiger partial charge >= 0.3 is 0 Å². The van der Waals surface area contributed by atoms with Crippen molar-refractivity contribution in [1.29, 1.82) is 0 Å². The van der Waals surface area contributed by atoms with E-state index in [0.29, 0.717) is 22.6 Å². The van der Waals surface area contributed by atoms with E-state index >= 15 is 0 Å². The molecule has 0 spiro atoms. The van der Waals surface area contributed by atoms with E-state index in [1.54, 1.807) is 54.8 Å². The number of pyridine rings is 1. The summed E-state index contributed by atoms with van der Waals surface area (Å²) < 4.78 is 35.3. The van der Waals surface area contributed by atoms with Gasteiger partial charge in [0.25, 0.3) is 0 Å². The van der Waals surface area contributed by atoms with Crippen molar-refractivity contribution < 1.29 is 28.5 Å². The van der Waals surface area contributed by atoms with Gasteiger partial charge in [-0.3, -0.25) is 9.20 Å². The highest BCUT2D eigenvalue weighted by Gasteiger charge is 2.32. The van der Waals surface area contributed by atoms with Gasteiger partial charge in [-0.05, 0) is 42.3 Å². The second kappa shape index (κ2) is 9.93. The highest BCUT2D eigenvalue weighted by atomic mass is 19.1. The minimum atomic E-state index is -0.880. The molecule has 4 rings (SSSR count). The van der Waals surface area contributed by atoms with Gasteiger partial charge in [-0.1, -0.05) is 37.3 Å². The van der Waals surface area contributed by atoms with Crippen molar-refractivity contribution in [2.75, 3.05) is 6.61 Å². The number of ketones is 1. The largest absolute Gasteiger partial charge is 0.485 e. The summed E-state index contributed by atoms with van der Waals surface area (Å²) in [6.07, 6.45) is 1.67. The summed E-state index contributed by atoms with van der Waals surface area (Å²) in [6.45, 7) is 2.74. The molecule has 2 N–H and O–H groups in total. The SMILES string of the molecule is Cc1nc2c(OCc3c(F)cccc3F)cccn2c1C(=O)C[C@@](C)(CO)c1cccc(CO)c1. The third kappa shape index (κ3) is 4.80. The van der Waals surface area contributed by atoms with Crippen LogP contribution in [0.3, 0.4) is 0 Å². The molecule has 2 heterocycles. The van der Waals surface area contributed by atoms with Crippen LogP contribution in [-0.2, 0) is 18.6 Å². The molecule has 8 heteroatoms. The van der Waals surface area contributed by atoms with Gasteiger partial charge in [-0.15, -0.1) is 0 Å². The summed E-state index contributed by atoms with van der Waals surface area (Å²) in [5.74, 6) is -1.38. The zero-order chi connectivity index (χ0) is 25.2. The number of carbonyl (C=O) groups is 1. The summed E-state index contributed by atoms with van der Waals surface area (Å²) >= 11 is 0. The van der Waals surface area contributed by atoms with E-state index in [9.17, 15) is 23.8 Å². The number of hydrogen-bond acceptors (Lipinski definition) is 5. The van der Waals surface area contributed by atoms with Gasteiger partial charge < -0.3 is 14.9 Å². The van der Waals surface area contributed by atoms with Crippen LogP contribution >= 0.6 is 0 Å². The van der Waals surface area contributed by atoms with Gasteiger partial charge in [0.1, 0.15) is 23.9 Å². The molecule has 0 aliphatic heterocycles. The van der Waals surface area contributed by atoms with Crippen LogP contribution in [0.5, 0.6) is 5.75 Å². The van der Waals surface area contributed by atoms with Crippen molar-refractivity contribution in [3.8, 4) is 5.75 Å². The Balaban J connectivity index is 1.64. The number of aryl methyl sites for hydroxylation is 1. The average molecular weight is 481 g/mol. The first-order chi connectivity index (χ1) is 16.8. The summed E-state index contributed by atoms with van der Waals surface area (Å²) in [7, 11) is 0. The maximum atomic E-state index is 14.0. The number of ether oxygens (including phenoxy) is 1. The summed E-state index contributed by atoms with van der Waals surface area (Å²) in [4.78, 5) is 17.9. The van der Waals surface area contributed by atoms with E-state index in [2.05, 4.69) is 4.98 Å². The Morgan fingerprint density at radius 1 is 1.09 bits per heavy atom. The minimum absolute atomic E-state index is 0.00145. The molecular weight excluding hydrogens is 454 g/mol. The monoisotopic (exact) mass is 480 g/mol. The Hall–Kier alpha value is -3.62. The summed E-state index contributed by atoms with van der Waals surface area (Å²) in [5, 5.41) is 19.6. The first-order valence-corrected chi connectivity index (χ1v) is 11.1. The van der Waals surface area contributed by atoms with Crippen molar-refractivity contribution in [2.45, 2.75) is 38.9 Å². The van der Waals surface area contributed by atoms with Crippen LogP contribution < -0.4 is 4.74 Å². The molecule has 0 saturated heterocycles. The minimum Gasteiger partial charge on any atom is -0.485 e. The third-order valence-electron chi connectivity index (χ3n) is 6.19. The van der Waals surface area contributed by atoms with Crippen LogP contribution in [-0.4, -0.2) is 32.0 Å². The lowest BCUT2D eigenvalue weighted by Crippen LogP contribution is -2.30. The van der Waals surface area contributed by atoms with Gasteiger partial charge in [-0.25, -0.2) is 13.8 Å². The van der Waals surface area contributed by atoms with E-state index < -0.39 is 17.0 Å². The molecule has 2 aromatic heterocycles. The molecule has 0 aliphatic carbocycles. The quantitative estimate of drug-likeness (QED) is 0.344. The maximum Gasteiger partial charge on any atom is 0.182 e. The Kier molecular flexibility index (Phi) is 6.95. The number of benzene rings is 2. The Morgan fingerprint density at radius 3 is 2.49 bits per heavy atom. The van der Waals surface area contributed by atoms with Crippen LogP contribution in [0.2, 0.25) is 0 Å². The van der Waals surface area contributed by atoms with Crippen LogP contribution in [0.25, 0.3) is 5.65 Å². The number of imidazole rings is 1. The molecule has 0 radical (unpaired) electrons. The fraction of sp³-hybridized carbons (Fsp3) is 0.259. The van der Waals surface area contributed by atoms with Gasteiger partial charge in [0.05, 0.1) is 24.5 Å². The predicted octanol–water partition coefficient (Wildman–Crippen LogP) is 4.52. The van der Waals surface area contributed by atoms with E-state index in [-0.39, 0.29) is 43.3 Å². The number of aromatic nitrogens is 2. The van der Waals surface area contributed by atoms with Gasteiger partial charge in [0.15, 0.2) is 17.2 Å². The summed E-state index contributed by atoms with van der Waals surface area (Å²) in [5.41, 5.74) is 1.50. The lowest BCUT2D eigenvalue weighted by molar-refractivity contribution is 0.0912. The van der Waals surface area contributed by atoms with Crippen LogP contribution in [0, 0.1) is 18.6 Å². The molecule has 6 nitrogen and oxygen atoms in total. The lowest BCUT2D eigenvalue weighted by atomic mass is 9.78. The number of rotatable bonds is 9. The first kappa shape index (κ1) is 24.5. The smallest absolute Gasteiger partial charge is 0.182 e. The molecule has 182 valence electrons. The molecule has 0 unspecified atom stereocenters. The van der Waals surface area contributed by atoms with Gasteiger partial charge in [0, 0.05) is 18.0 Å². The Bertz CT molecular complexity index is 1360. The number of Topliss-reactive ketones (excluding diaryl/α,β-unsaturated/α-hetero) is 1. The normalized spacial score (nSPS) is 13.1. The molecule has 0 bridgehead atoms. The summed E-state index contributed by atoms with van der Waals surface area (Å²) in [6, 6.07) is 14.0. The average Bonchev–Trinajstić information content (AvgIpc) is 3.20. The molecule has 0 aliphatic rings. The topological polar surface area (TPSA) is 84.1 Å². The predicted molar refractivity (Wildman–Crippen MR) is 126 cm³/mol. The van der Waals surface area contributed by atoms with Crippen molar-refractivity contribution in [1.82, 2.24) is 9.38 Å². The van der Waals surface area contributed by atoms with Gasteiger partial charge in [0.2, 0.25) is 0 Å². The van der Waals surface area contributed by atoms with Crippen molar-refractivity contribution in [2.24, 2.45) is 0 Å². The van der Waals surface area contributed by atoms with Crippen LogP contribution in [0.4, 0.5) is 8.78 Å². The molecule has 0 fully saturated rings. The molecule has 0 amide bonds. The first-order valence-electron chi connectivity index (χ1n) is 11.1. The number of nitrogens with zero attached hydrogens (tertiary/aromatic N) is 2. The number of aliphatic hydroxyl groups is 2. The molecule has 2 aromatic carbocycles. The van der Waals surface area contributed by atoms with Crippen molar-refractivity contribution in [3.63, 3.8) is 0 Å². The Morgan fingerprint density at radius 2 is 1.80 bits per heavy atom. The fourth-order valence-corrected chi connectivity index (χ4v) is 4.16. The standard InChI is InChI=1S/C27H26F2N2O4/c1-17-25(23(34)13-27(2,16-33)19-7-3-6-18(12-19)14-32)31-11-5-10-24(26(31)30-17)35-15-20-21(28)8-4-9-22(20)29/h3-12,32-33H,13-16H2,1-2H3/t27-/m0/s1. The molecule has 1 atom stereocenters. The van der Waals surface area contributed by atoms with Crippen LogP contribution in [0.1, 0.15) is 46.2 Å². The highest BCUT2D eigenvalue weighted by molar-refractivity contribution is 5.97. The van der Waals surface area contributed by atoms with Crippen molar-refractivity contribution in [3.05, 3.63) is 101 Å². The Labute approximate surface area is 201 Å². The zero-order valence-corrected chi connectivity index (χ0v) is 19.5. The van der Waals surface area contributed by atoms with Crippen molar-refractivity contribution >= 4 is 11.4 Å². The number of halogens is 2. The molecule has 35 heavy (non-hydrogen) atoms. The molecule has 0 saturated carbocycles. The van der Waals surface area contributed by atoms with Crippen LogP contribution in [0.15, 0.2) is 60.8 Å². The lowest BCUT2D eigenvalue weighted by Gasteiger charge is -2.27. The maximum absolute atomic E-state index is 14.0. The molecule has 4 aromatic rings. The number of fused-ring (bicyclic) bond motifs is 1. The zero-order valence-electron chi connectivity index (χ0n) is 19.5. The highest BCUT2D eigenvalue weighted by Crippen LogP contribution is 2.31. The second-order valence-electron chi connectivity index (χ2n) is 8.78. The third-order valence-corrected chi connectivity index (χ3v) is 6.19. The number of carbonyl (C=O) groups excluding carboxylic acids is 1. The van der Waals surface area contributed by atoms with E-state index in [1.165, 1.54) is 6.07 Å². The van der Waals surface area contributed by atoms with E-state index in [1.807, 2.05) is 6.07 Å².